The molecule has 2 heterocycles. The number of aryl methyl sites for hydroxylation is 2. The molecule has 6 nitrogen and oxygen atoms in total. The second-order valence-corrected chi connectivity index (χ2v) is 8.61. The topological polar surface area (TPSA) is 57.0 Å². The number of rotatable bonds is 8. The first-order valence-electron chi connectivity index (χ1n) is 11.8. The zero-order valence-corrected chi connectivity index (χ0v) is 20.9. The summed E-state index contributed by atoms with van der Waals surface area (Å²) in [6.45, 7) is 4.66. The summed E-state index contributed by atoms with van der Waals surface area (Å²) < 4.78 is 19.3. The number of pyridine rings is 1. The molecule has 182 valence electrons. The molecular weight excluding hydrogens is 450 g/mol. The van der Waals surface area contributed by atoms with Gasteiger partial charge in [0.15, 0.2) is 22.9 Å². The van der Waals surface area contributed by atoms with Gasteiger partial charge in [-0.3, -0.25) is 4.40 Å². The summed E-state index contributed by atoms with van der Waals surface area (Å²) in [6, 6.07) is 26.1. The molecule has 36 heavy (non-hydrogen) atoms. The van der Waals surface area contributed by atoms with Crippen molar-refractivity contribution < 1.29 is 14.2 Å². The van der Waals surface area contributed by atoms with Crippen LogP contribution in [-0.4, -0.2) is 23.6 Å². The van der Waals surface area contributed by atoms with Crippen molar-refractivity contribution in [2.45, 2.75) is 20.5 Å². The van der Waals surface area contributed by atoms with E-state index in [4.69, 9.17) is 19.2 Å². The lowest BCUT2D eigenvalue weighted by Crippen LogP contribution is -2.01. The number of nitrogens with zero attached hydrogens (tertiary/aromatic N) is 2. The molecule has 0 aliphatic rings. The Labute approximate surface area is 211 Å². The number of ether oxygens (including phenoxy) is 3. The van der Waals surface area contributed by atoms with Crippen LogP contribution in [0.3, 0.4) is 0 Å². The van der Waals surface area contributed by atoms with Gasteiger partial charge in [0, 0.05) is 17.4 Å². The van der Waals surface area contributed by atoms with Crippen LogP contribution >= 0.6 is 0 Å². The first-order valence-corrected chi connectivity index (χ1v) is 11.8. The Morgan fingerprint density at radius 1 is 0.778 bits per heavy atom. The van der Waals surface area contributed by atoms with E-state index in [1.165, 1.54) is 0 Å². The van der Waals surface area contributed by atoms with Crippen molar-refractivity contribution >= 4 is 17.2 Å². The molecule has 0 bridgehead atoms. The Morgan fingerprint density at radius 2 is 1.53 bits per heavy atom. The largest absolute Gasteiger partial charge is 0.493 e. The second kappa shape index (κ2) is 10.0. The lowest BCUT2D eigenvalue weighted by atomic mass is 10.1. The van der Waals surface area contributed by atoms with Crippen LogP contribution in [-0.2, 0) is 6.61 Å². The Kier molecular flexibility index (Phi) is 6.50. The number of aromatic nitrogens is 2. The highest BCUT2D eigenvalue weighted by atomic mass is 16.5. The summed E-state index contributed by atoms with van der Waals surface area (Å²) in [5.41, 5.74) is 6.87. The molecule has 0 saturated carbocycles. The van der Waals surface area contributed by atoms with Crippen molar-refractivity contribution in [1.82, 2.24) is 9.38 Å². The van der Waals surface area contributed by atoms with Crippen molar-refractivity contribution in [1.29, 1.82) is 0 Å². The maximum atomic E-state index is 6.23. The first kappa shape index (κ1) is 23.3. The van der Waals surface area contributed by atoms with E-state index >= 15 is 0 Å². The molecule has 3 aromatic carbocycles. The minimum Gasteiger partial charge on any atom is -0.493 e. The van der Waals surface area contributed by atoms with Gasteiger partial charge in [-0.25, -0.2) is 4.98 Å². The van der Waals surface area contributed by atoms with Crippen LogP contribution in [0.15, 0.2) is 85.1 Å². The Bertz CT molecular complexity index is 1490. The van der Waals surface area contributed by atoms with Gasteiger partial charge >= 0.3 is 0 Å². The van der Waals surface area contributed by atoms with Crippen LogP contribution in [0.25, 0.3) is 16.9 Å². The molecule has 0 spiro atoms. The highest BCUT2D eigenvalue weighted by Gasteiger charge is 2.20. The number of hydrogen-bond acceptors (Lipinski definition) is 5. The molecule has 0 saturated heterocycles. The average molecular weight is 480 g/mol. The van der Waals surface area contributed by atoms with Crippen LogP contribution in [0.4, 0.5) is 11.5 Å². The number of imidazole rings is 1. The van der Waals surface area contributed by atoms with Crippen molar-refractivity contribution in [2.75, 3.05) is 19.5 Å². The normalized spacial score (nSPS) is 10.9. The molecule has 0 amide bonds. The Morgan fingerprint density at radius 3 is 2.25 bits per heavy atom. The maximum absolute atomic E-state index is 6.23. The lowest BCUT2D eigenvalue weighted by molar-refractivity contribution is 0.308. The molecule has 0 unspecified atom stereocenters. The summed E-state index contributed by atoms with van der Waals surface area (Å²) >= 11 is 0. The van der Waals surface area contributed by atoms with Crippen LogP contribution < -0.4 is 19.5 Å². The number of fused-ring (bicyclic) bond motifs is 1. The fourth-order valence-electron chi connectivity index (χ4n) is 4.32. The molecule has 5 rings (SSSR count). The van der Waals surface area contributed by atoms with Gasteiger partial charge in [-0.1, -0.05) is 48.5 Å². The lowest BCUT2D eigenvalue weighted by Gasteiger charge is -2.15. The third-order valence-electron chi connectivity index (χ3n) is 6.23. The van der Waals surface area contributed by atoms with E-state index in [0.29, 0.717) is 23.9 Å². The quantitative estimate of drug-likeness (QED) is 0.261. The second-order valence-electron chi connectivity index (χ2n) is 8.61. The summed E-state index contributed by atoms with van der Waals surface area (Å²) in [4.78, 5) is 5.06. The molecule has 2 aromatic heterocycles. The summed E-state index contributed by atoms with van der Waals surface area (Å²) in [5, 5.41) is 3.67. The van der Waals surface area contributed by atoms with E-state index in [1.54, 1.807) is 14.2 Å². The molecule has 0 aliphatic heterocycles. The van der Waals surface area contributed by atoms with Crippen LogP contribution in [0, 0.1) is 13.8 Å². The van der Waals surface area contributed by atoms with Crippen molar-refractivity contribution in [3.8, 4) is 28.5 Å². The average Bonchev–Trinajstić information content (AvgIpc) is 3.28. The number of nitrogens with one attached hydrogen (secondary N) is 1. The van der Waals surface area contributed by atoms with E-state index < -0.39 is 0 Å². The minimum atomic E-state index is 0.457. The predicted molar refractivity (Wildman–Crippen MR) is 144 cm³/mol. The molecule has 0 fully saturated rings. The number of anilines is 2. The summed E-state index contributed by atoms with van der Waals surface area (Å²) in [6.07, 6.45) is 2.00. The summed E-state index contributed by atoms with van der Waals surface area (Å²) in [5.74, 6) is 2.87. The minimum absolute atomic E-state index is 0.457. The standard InChI is InChI=1S/C30H29N3O3/c1-20-10-8-11-21(2)27(20)31-30-28(23-15-16-24(34-3)26(18-23)35-4)32-29-25(14-9-17-33(29)30)36-19-22-12-6-5-7-13-22/h5-18,31H,19H2,1-4H3. The van der Waals surface area contributed by atoms with Gasteiger partial charge in [0.1, 0.15) is 18.1 Å². The molecule has 0 radical (unpaired) electrons. The van der Waals surface area contributed by atoms with E-state index in [2.05, 4.69) is 49.5 Å². The van der Waals surface area contributed by atoms with Gasteiger partial charge in [-0.15, -0.1) is 0 Å². The Balaban J connectivity index is 1.65. The van der Waals surface area contributed by atoms with Gasteiger partial charge in [-0.2, -0.15) is 0 Å². The molecular formula is C30H29N3O3. The van der Waals surface area contributed by atoms with Crippen LogP contribution in [0.1, 0.15) is 16.7 Å². The zero-order chi connectivity index (χ0) is 25.1. The highest BCUT2D eigenvalue weighted by molar-refractivity contribution is 5.83. The third kappa shape index (κ3) is 4.45. The predicted octanol–water partition coefficient (Wildman–Crippen LogP) is 6.96. The number of methoxy groups -OCH3 is 2. The van der Waals surface area contributed by atoms with Gasteiger partial charge in [0.2, 0.25) is 0 Å². The SMILES string of the molecule is COc1ccc(-c2nc3c(OCc4ccccc4)cccn3c2Nc2c(C)cccc2C)cc1OC. The van der Waals surface area contributed by atoms with E-state index in [9.17, 15) is 0 Å². The molecule has 0 aliphatic carbocycles. The third-order valence-corrected chi connectivity index (χ3v) is 6.23. The number of para-hydroxylation sites is 1. The zero-order valence-electron chi connectivity index (χ0n) is 20.9. The molecule has 6 heteroatoms. The Hall–Kier alpha value is -4.45. The molecule has 5 aromatic rings. The van der Waals surface area contributed by atoms with E-state index in [-0.39, 0.29) is 0 Å². The van der Waals surface area contributed by atoms with Crippen LogP contribution in [0.2, 0.25) is 0 Å². The maximum Gasteiger partial charge on any atom is 0.181 e. The fraction of sp³-hybridized carbons (Fsp3) is 0.167. The smallest absolute Gasteiger partial charge is 0.181 e. The van der Waals surface area contributed by atoms with Gasteiger partial charge in [0.05, 0.1) is 14.2 Å². The monoisotopic (exact) mass is 479 g/mol. The molecule has 0 atom stereocenters. The van der Waals surface area contributed by atoms with Gasteiger partial charge in [-0.05, 0) is 60.9 Å². The van der Waals surface area contributed by atoms with E-state index in [0.717, 1.165) is 45.1 Å². The van der Waals surface area contributed by atoms with Gasteiger partial charge in [0.25, 0.3) is 0 Å². The fourth-order valence-corrected chi connectivity index (χ4v) is 4.32. The summed E-state index contributed by atoms with van der Waals surface area (Å²) in [7, 11) is 3.27. The number of hydrogen-bond donors (Lipinski definition) is 1. The highest BCUT2D eigenvalue weighted by Crippen LogP contribution is 2.39. The van der Waals surface area contributed by atoms with Gasteiger partial charge < -0.3 is 19.5 Å². The van der Waals surface area contributed by atoms with Crippen molar-refractivity contribution in [3.05, 3.63) is 102 Å². The molecule has 1 N–H and O–H groups in total. The van der Waals surface area contributed by atoms with E-state index in [1.807, 2.05) is 59.1 Å². The van der Waals surface area contributed by atoms with Crippen LogP contribution in [0.5, 0.6) is 17.2 Å². The first-order chi connectivity index (χ1) is 17.6. The van der Waals surface area contributed by atoms with Crippen molar-refractivity contribution in [3.63, 3.8) is 0 Å². The van der Waals surface area contributed by atoms with Crippen molar-refractivity contribution in [2.24, 2.45) is 0 Å². The number of benzene rings is 3.